The minimum absolute atomic E-state index is 0.113. The predicted octanol–water partition coefficient (Wildman–Crippen LogP) is 3.84. The topological polar surface area (TPSA) is 87.0 Å². The van der Waals surface area contributed by atoms with Crippen LogP contribution < -0.4 is 19.6 Å². The zero-order chi connectivity index (χ0) is 23.3. The van der Waals surface area contributed by atoms with Gasteiger partial charge in [-0.2, -0.15) is 10.2 Å². The second kappa shape index (κ2) is 9.50. The molecule has 1 N–H and O–H groups in total. The number of amides is 1. The highest BCUT2D eigenvalue weighted by Gasteiger charge is 2.27. The number of hydrogen-bond donors (Lipinski definition) is 1. The van der Waals surface area contributed by atoms with Gasteiger partial charge in [0.05, 0.1) is 19.0 Å². The van der Waals surface area contributed by atoms with Gasteiger partial charge in [0.2, 0.25) is 6.10 Å². The summed E-state index contributed by atoms with van der Waals surface area (Å²) in [5.74, 6) is 1.51. The number of nitrogens with zero attached hydrogens (tertiary/aromatic N) is 3. The Bertz CT molecular complexity index is 1320. The molecule has 8 heteroatoms. The smallest absolute Gasteiger partial charge is 0.284 e. The van der Waals surface area contributed by atoms with E-state index >= 15 is 0 Å². The molecule has 1 aliphatic heterocycles. The minimum Gasteiger partial charge on any atom is -0.497 e. The summed E-state index contributed by atoms with van der Waals surface area (Å²) in [7, 11) is 1.62. The number of hydrazone groups is 1. The average Bonchev–Trinajstić information content (AvgIpc) is 3.33. The van der Waals surface area contributed by atoms with E-state index in [-0.39, 0.29) is 6.61 Å². The summed E-state index contributed by atoms with van der Waals surface area (Å²) in [4.78, 5) is 12.6. The number of carbonyl (C=O) groups is 1. The third kappa shape index (κ3) is 4.47. The molecule has 0 radical (unpaired) electrons. The Labute approximate surface area is 196 Å². The zero-order valence-corrected chi connectivity index (χ0v) is 18.4. The van der Waals surface area contributed by atoms with E-state index in [0.29, 0.717) is 11.5 Å². The molecule has 170 valence electrons. The Balaban J connectivity index is 1.36. The summed E-state index contributed by atoms with van der Waals surface area (Å²) in [5, 5.41) is 8.91. The lowest BCUT2D eigenvalue weighted by atomic mass is 10.1. The Morgan fingerprint density at radius 1 is 1.06 bits per heavy atom. The van der Waals surface area contributed by atoms with Gasteiger partial charge in [0.1, 0.15) is 18.1 Å². The van der Waals surface area contributed by atoms with Crippen molar-refractivity contribution in [2.75, 3.05) is 13.7 Å². The van der Waals surface area contributed by atoms with Crippen LogP contribution in [0.15, 0.2) is 90.2 Å². The second-order valence-corrected chi connectivity index (χ2v) is 7.54. The molecule has 1 aliphatic rings. The number of carbonyl (C=O) groups excluding carboxylic acids is 1. The molecule has 0 spiro atoms. The van der Waals surface area contributed by atoms with Crippen molar-refractivity contribution in [3.63, 3.8) is 0 Å². The molecule has 0 saturated carbocycles. The quantitative estimate of drug-likeness (QED) is 0.353. The van der Waals surface area contributed by atoms with Gasteiger partial charge in [-0.25, -0.2) is 10.1 Å². The summed E-state index contributed by atoms with van der Waals surface area (Å²) < 4.78 is 18.4. The average molecular weight is 454 g/mol. The first-order valence-corrected chi connectivity index (χ1v) is 10.7. The van der Waals surface area contributed by atoms with Gasteiger partial charge in [-0.1, -0.05) is 30.3 Å². The number of methoxy groups -OCH3 is 1. The monoisotopic (exact) mass is 454 g/mol. The van der Waals surface area contributed by atoms with Crippen LogP contribution in [0.25, 0.3) is 16.9 Å². The summed E-state index contributed by atoms with van der Waals surface area (Å²) in [6.45, 7) is 0.113. The Kier molecular flexibility index (Phi) is 5.94. The molecular formula is C26H22N4O4. The Morgan fingerprint density at radius 3 is 2.56 bits per heavy atom. The maximum atomic E-state index is 12.6. The first kappa shape index (κ1) is 21.3. The lowest BCUT2D eigenvalue weighted by Crippen LogP contribution is -2.42. The molecular weight excluding hydrogens is 432 g/mol. The van der Waals surface area contributed by atoms with Gasteiger partial charge >= 0.3 is 0 Å². The number of fused-ring (bicyclic) bond motifs is 1. The van der Waals surface area contributed by atoms with Crippen LogP contribution in [0.5, 0.6) is 17.2 Å². The summed E-state index contributed by atoms with van der Waals surface area (Å²) in [6, 6.07) is 24.6. The van der Waals surface area contributed by atoms with Crippen LogP contribution in [0.1, 0.15) is 5.56 Å². The molecule has 8 nitrogen and oxygen atoms in total. The van der Waals surface area contributed by atoms with Crippen LogP contribution in [-0.2, 0) is 4.79 Å². The van der Waals surface area contributed by atoms with Crippen LogP contribution in [0.2, 0.25) is 0 Å². The van der Waals surface area contributed by atoms with Crippen LogP contribution in [-0.4, -0.2) is 41.7 Å². The highest BCUT2D eigenvalue weighted by Crippen LogP contribution is 2.31. The van der Waals surface area contributed by atoms with Crippen molar-refractivity contribution >= 4 is 12.1 Å². The molecule has 1 aromatic heterocycles. The second-order valence-electron chi connectivity index (χ2n) is 7.54. The lowest BCUT2D eigenvalue weighted by Gasteiger charge is -2.24. The van der Waals surface area contributed by atoms with Crippen molar-refractivity contribution in [1.82, 2.24) is 15.2 Å². The van der Waals surface area contributed by atoms with Crippen LogP contribution in [0.4, 0.5) is 0 Å². The number of benzene rings is 3. The summed E-state index contributed by atoms with van der Waals surface area (Å²) in [5.41, 5.74) is 5.80. The third-order valence-corrected chi connectivity index (χ3v) is 5.31. The van der Waals surface area contributed by atoms with E-state index in [1.165, 1.54) is 0 Å². The maximum Gasteiger partial charge on any atom is 0.284 e. The fraction of sp³-hybridized carbons (Fsp3) is 0.115. The molecule has 0 fully saturated rings. The molecule has 34 heavy (non-hydrogen) atoms. The molecule has 5 rings (SSSR count). The Hall–Kier alpha value is -4.59. The van der Waals surface area contributed by atoms with E-state index in [1.807, 2.05) is 72.9 Å². The highest BCUT2D eigenvalue weighted by molar-refractivity contribution is 5.90. The SMILES string of the molecule is COc1ccc(-c2nn(-c3ccccc3)cc2/C=N/NC(=O)C2COc3ccccc3O2)cc1. The van der Waals surface area contributed by atoms with Gasteiger partial charge in [-0.3, -0.25) is 4.79 Å². The third-order valence-electron chi connectivity index (χ3n) is 5.31. The molecule has 1 unspecified atom stereocenters. The van der Waals surface area contributed by atoms with Gasteiger partial charge in [0.15, 0.2) is 11.5 Å². The number of aromatic nitrogens is 2. The molecule has 1 amide bonds. The predicted molar refractivity (Wildman–Crippen MR) is 128 cm³/mol. The van der Waals surface area contributed by atoms with Gasteiger partial charge in [0.25, 0.3) is 5.91 Å². The van der Waals surface area contributed by atoms with E-state index in [2.05, 4.69) is 10.5 Å². The van der Waals surface area contributed by atoms with E-state index < -0.39 is 12.0 Å². The molecule has 0 saturated heterocycles. The minimum atomic E-state index is -0.792. The van der Waals surface area contributed by atoms with E-state index in [9.17, 15) is 4.79 Å². The van der Waals surface area contributed by atoms with Crippen LogP contribution in [0, 0.1) is 0 Å². The van der Waals surface area contributed by atoms with E-state index in [1.54, 1.807) is 30.1 Å². The van der Waals surface area contributed by atoms with E-state index in [4.69, 9.17) is 19.3 Å². The number of hydrogen-bond acceptors (Lipinski definition) is 6. The van der Waals surface area contributed by atoms with Crippen molar-refractivity contribution < 1.29 is 19.0 Å². The fourth-order valence-electron chi connectivity index (χ4n) is 3.55. The Morgan fingerprint density at radius 2 is 1.79 bits per heavy atom. The lowest BCUT2D eigenvalue weighted by molar-refractivity contribution is -0.130. The summed E-state index contributed by atoms with van der Waals surface area (Å²) in [6.07, 6.45) is 2.64. The van der Waals surface area contributed by atoms with Crippen molar-refractivity contribution in [3.8, 4) is 34.2 Å². The normalized spacial score (nSPS) is 14.7. The van der Waals surface area contributed by atoms with Gasteiger partial charge in [-0.05, 0) is 48.5 Å². The molecule has 3 aromatic carbocycles. The van der Waals surface area contributed by atoms with Crippen molar-refractivity contribution in [3.05, 3.63) is 90.6 Å². The van der Waals surface area contributed by atoms with Crippen LogP contribution >= 0.6 is 0 Å². The molecule has 0 bridgehead atoms. The molecule has 0 aliphatic carbocycles. The number of rotatable bonds is 6. The van der Waals surface area contributed by atoms with Crippen LogP contribution in [0.3, 0.4) is 0 Å². The first-order valence-electron chi connectivity index (χ1n) is 10.7. The molecule has 1 atom stereocenters. The maximum absolute atomic E-state index is 12.6. The standard InChI is InChI=1S/C26H22N4O4/c1-32-21-13-11-18(12-14-21)25-19(16-30(29-25)20-7-3-2-4-8-20)15-27-28-26(31)24-17-33-22-9-5-6-10-23(22)34-24/h2-16,24H,17H2,1H3,(H,28,31)/b27-15+. The van der Waals surface area contributed by atoms with Gasteiger partial charge in [-0.15, -0.1) is 0 Å². The van der Waals surface area contributed by atoms with E-state index in [0.717, 1.165) is 28.3 Å². The van der Waals surface area contributed by atoms with Gasteiger partial charge < -0.3 is 14.2 Å². The highest BCUT2D eigenvalue weighted by atomic mass is 16.6. The van der Waals surface area contributed by atoms with Crippen molar-refractivity contribution in [1.29, 1.82) is 0 Å². The number of nitrogens with one attached hydrogen (secondary N) is 1. The molecule has 2 heterocycles. The van der Waals surface area contributed by atoms with Crippen molar-refractivity contribution in [2.24, 2.45) is 5.10 Å². The number of ether oxygens (including phenoxy) is 3. The summed E-state index contributed by atoms with van der Waals surface area (Å²) >= 11 is 0. The zero-order valence-electron chi connectivity index (χ0n) is 18.4. The van der Waals surface area contributed by atoms with Gasteiger partial charge in [0, 0.05) is 17.3 Å². The first-order chi connectivity index (χ1) is 16.7. The van der Waals surface area contributed by atoms with Crippen molar-refractivity contribution in [2.45, 2.75) is 6.10 Å². The number of para-hydroxylation sites is 3. The molecule has 4 aromatic rings. The fourth-order valence-corrected chi connectivity index (χ4v) is 3.55. The largest absolute Gasteiger partial charge is 0.497 e.